The summed E-state index contributed by atoms with van der Waals surface area (Å²) >= 11 is 0. The Morgan fingerprint density at radius 1 is 1.12 bits per heavy atom. The van der Waals surface area contributed by atoms with Crippen LogP contribution in [0.5, 0.6) is 0 Å². The monoisotopic (exact) mass is 341 g/mol. The molecule has 0 atom stereocenters. The molecule has 138 valence electrons. The summed E-state index contributed by atoms with van der Waals surface area (Å²) in [6.07, 6.45) is 2.70. The molecule has 1 fully saturated rings. The molecule has 7 nitrogen and oxygen atoms in total. The van der Waals surface area contributed by atoms with Crippen molar-refractivity contribution in [2.45, 2.75) is 71.4 Å². The highest BCUT2D eigenvalue weighted by molar-refractivity contribution is 5.78. The SMILES string of the molecule is CCCC(=O)NC1CCN(C(=O)CCNC(=O)OC(C)(C)C)CC1. The van der Waals surface area contributed by atoms with Gasteiger partial charge in [0.15, 0.2) is 0 Å². The molecule has 0 aliphatic carbocycles. The number of nitrogens with zero attached hydrogens (tertiary/aromatic N) is 1. The van der Waals surface area contributed by atoms with Gasteiger partial charge in [-0.3, -0.25) is 9.59 Å². The largest absolute Gasteiger partial charge is 0.444 e. The molecule has 7 heteroatoms. The molecule has 1 aliphatic heterocycles. The van der Waals surface area contributed by atoms with Crippen LogP contribution >= 0.6 is 0 Å². The lowest BCUT2D eigenvalue weighted by atomic mass is 10.0. The number of rotatable bonds is 6. The lowest BCUT2D eigenvalue weighted by Gasteiger charge is -2.32. The fraction of sp³-hybridized carbons (Fsp3) is 0.824. The summed E-state index contributed by atoms with van der Waals surface area (Å²) in [5.41, 5.74) is -0.543. The highest BCUT2D eigenvalue weighted by Crippen LogP contribution is 2.12. The van der Waals surface area contributed by atoms with E-state index in [4.69, 9.17) is 4.74 Å². The van der Waals surface area contributed by atoms with Crippen LogP contribution in [-0.2, 0) is 14.3 Å². The number of carbonyl (C=O) groups is 3. The van der Waals surface area contributed by atoms with E-state index < -0.39 is 11.7 Å². The third-order valence-electron chi connectivity index (χ3n) is 3.70. The summed E-state index contributed by atoms with van der Waals surface area (Å²) < 4.78 is 5.12. The van der Waals surface area contributed by atoms with E-state index in [0.29, 0.717) is 19.5 Å². The number of carbonyl (C=O) groups excluding carboxylic acids is 3. The first kappa shape index (κ1) is 20.3. The van der Waals surface area contributed by atoms with Crippen LogP contribution < -0.4 is 10.6 Å². The second-order valence-electron chi connectivity index (χ2n) is 7.15. The number of likely N-dealkylation sites (tertiary alicyclic amines) is 1. The summed E-state index contributed by atoms with van der Waals surface area (Å²) in [5, 5.41) is 5.60. The fourth-order valence-electron chi connectivity index (χ4n) is 2.54. The maximum Gasteiger partial charge on any atom is 0.407 e. The van der Waals surface area contributed by atoms with E-state index in [1.54, 1.807) is 25.7 Å². The number of ether oxygens (including phenoxy) is 1. The maximum atomic E-state index is 12.1. The Morgan fingerprint density at radius 3 is 2.29 bits per heavy atom. The topological polar surface area (TPSA) is 87.7 Å². The number of nitrogens with one attached hydrogen (secondary N) is 2. The second kappa shape index (κ2) is 9.49. The van der Waals surface area contributed by atoms with Crippen molar-refractivity contribution in [3.63, 3.8) is 0 Å². The lowest BCUT2D eigenvalue weighted by molar-refractivity contribution is -0.132. The molecule has 1 saturated heterocycles. The van der Waals surface area contributed by atoms with Gasteiger partial charge in [-0.15, -0.1) is 0 Å². The quantitative estimate of drug-likeness (QED) is 0.771. The first-order valence-electron chi connectivity index (χ1n) is 8.75. The van der Waals surface area contributed by atoms with Gasteiger partial charge in [-0.05, 0) is 40.0 Å². The highest BCUT2D eigenvalue weighted by atomic mass is 16.6. The molecule has 0 spiro atoms. The molecule has 0 saturated carbocycles. The zero-order valence-electron chi connectivity index (χ0n) is 15.3. The van der Waals surface area contributed by atoms with E-state index in [-0.39, 0.29) is 30.8 Å². The average molecular weight is 341 g/mol. The predicted molar refractivity (Wildman–Crippen MR) is 91.5 cm³/mol. The molecule has 3 amide bonds. The standard InChI is InChI=1S/C17H31N3O4/c1-5-6-14(21)19-13-8-11-20(12-9-13)15(22)7-10-18-16(23)24-17(2,3)4/h13H,5-12H2,1-4H3,(H,18,23)(H,19,21). The second-order valence-corrected chi connectivity index (χ2v) is 7.15. The summed E-state index contributed by atoms with van der Waals surface area (Å²) in [4.78, 5) is 37.0. The van der Waals surface area contributed by atoms with Crippen molar-refractivity contribution in [3.8, 4) is 0 Å². The molecule has 0 aromatic heterocycles. The van der Waals surface area contributed by atoms with Crippen molar-refractivity contribution in [2.24, 2.45) is 0 Å². The Bertz CT molecular complexity index is 438. The predicted octanol–water partition coefficient (Wildman–Crippen LogP) is 1.81. The summed E-state index contributed by atoms with van der Waals surface area (Å²) in [7, 11) is 0. The smallest absolute Gasteiger partial charge is 0.407 e. The van der Waals surface area contributed by atoms with Crippen LogP contribution in [0.15, 0.2) is 0 Å². The van der Waals surface area contributed by atoms with Crippen LogP contribution in [0.25, 0.3) is 0 Å². The van der Waals surface area contributed by atoms with Crippen molar-refractivity contribution in [3.05, 3.63) is 0 Å². The van der Waals surface area contributed by atoms with Gasteiger partial charge in [0.2, 0.25) is 11.8 Å². The van der Waals surface area contributed by atoms with Gasteiger partial charge < -0.3 is 20.3 Å². The van der Waals surface area contributed by atoms with Crippen molar-refractivity contribution < 1.29 is 19.1 Å². The Hall–Kier alpha value is -1.79. The van der Waals surface area contributed by atoms with Crippen LogP contribution in [0.4, 0.5) is 4.79 Å². The molecule has 0 aromatic rings. The Kier molecular flexibility index (Phi) is 8.01. The number of amides is 3. The van der Waals surface area contributed by atoms with Gasteiger partial charge >= 0.3 is 6.09 Å². The van der Waals surface area contributed by atoms with Crippen molar-refractivity contribution in [1.82, 2.24) is 15.5 Å². The fourth-order valence-corrected chi connectivity index (χ4v) is 2.54. The molecule has 0 radical (unpaired) electrons. The minimum absolute atomic E-state index is 0.0180. The van der Waals surface area contributed by atoms with Gasteiger partial charge in [-0.25, -0.2) is 4.79 Å². The molecule has 0 bridgehead atoms. The molecular formula is C17H31N3O4. The molecule has 0 aromatic carbocycles. The number of hydrogen-bond donors (Lipinski definition) is 2. The Morgan fingerprint density at radius 2 is 1.75 bits per heavy atom. The van der Waals surface area contributed by atoms with Gasteiger partial charge in [0.25, 0.3) is 0 Å². The van der Waals surface area contributed by atoms with Crippen LogP contribution in [0.1, 0.15) is 59.8 Å². The third-order valence-corrected chi connectivity index (χ3v) is 3.70. The van der Waals surface area contributed by atoms with Gasteiger partial charge in [-0.1, -0.05) is 6.92 Å². The van der Waals surface area contributed by atoms with Crippen molar-refractivity contribution >= 4 is 17.9 Å². The van der Waals surface area contributed by atoms with E-state index in [0.717, 1.165) is 19.3 Å². The maximum absolute atomic E-state index is 12.1. The number of alkyl carbamates (subject to hydrolysis) is 1. The minimum Gasteiger partial charge on any atom is -0.444 e. The molecule has 1 rings (SSSR count). The normalized spacial score (nSPS) is 15.8. The Labute approximate surface area is 144 Å². The molecular weight excluding hydrogens is 310 g/mol. The van der Waals surface area contributed by atoms with Crippen LogP contribution in [-0.4, -0.2) is 54.1 Å². The molecule has 0 unspecified atom stereocenters. The van der Waals surface area contributed by atoms with Gasteiger partial charge in [-0.2, -0.15) is 0 Å². The zero-order valence-corrected chi connectivity index (χ0v) is 15.3. The van der Waals surface area contributed by atoms with Crippen LogP contribution in [0.3, 0.4) is 0 Å². The van der Waals surface area contributed by atoms with E-state index >= 15 is 0 Å². The van der Waals surface area contributed by atoms with Crippen LogP contribution in [0, 0.1) is 0 Å². The minimum atomic E-state index is -0.543. The third kappa shape index (κ3) is 8.17. The molecule has 1 aliphatic rings. The van der Waals surface area contributed by atoms with Gasteiger partial charge in [0.1, 0.15) is 5.60 Å². The van der Waals surface area contributed by atoms with Crippen molar-refractivity contribution in [2.75, 3.05) is 19.6 Å². The molecule has 2 N–H and O–H groups in total. The summed E-state index contributed by atoms with van der Waals surface area (Å²) in [5.74, 6) is 0.105. The molecule has 24 heavy (non-hydrogen) atoms. The zero-order chi connectivity index (χ0) is 18.2. The van der Waals surface area contributed by atoms with Crippen LogP contribution in [0.2, 0.25) is 0 Å². The van der Waals surface area contributed by atoms with E-state index in [9.17, 15) is 14.4 Å². The number of hydrogen-bond acceptors (Lipinski definition) is 4. The van der Waals surface area contributed by atoms with E-state index in [2.05, 4.69) is 10.6 Å². The Balaban J connectivity index is 2.21. The lowest BCUT2D eigenvalue weighted by Crippen LogP contribution is -2.47. The number of piperidine rings is 1. The van der Waals surface area contributed by atoms with E-state index in [1.165, 1.54) is 0 Å². The molecule has 1 heterocycles. The summed E-state index contributed by atoms with van der Waals surface area (Å²) in [6, 6.07) is 0.160. The highest BCUT2D eigenvalue weighted by Gasteiger charge is 2.23. The van der Waals surface area contributed by atoms with Gasteiger partial charge in [0.05, 0.1) is 0 Å². The first-order valence-corrected chi connectivity index (χ1v) is 8.75. The van der Waals surface area contributed by atoms with Crippen molar-refractivity contribution in [1.29, 1.82) is 0 Å². The van der Waals surface area contributed by atoms with E-state index in [1.807, 2.05) is 6.92 Å². The summed E-state index contributed by atoms with van der Waals surface area (Å²) in [6.45, 7) is 8.90. The average Bonchev–Trinajstić information content (AvgIpc) is 2.46. The van der Waals surface area contributed by atoms with Gasteiger partial charge in [0, 0.05) is 38.5 Å². The first-order chi connectivity index (χ1) is 11.2.